The Morgan fingerprint density at radius 3 is 2.26 bits per heavy atom. The number of unbranched alkanes of at least 4 members (excludes halogenated alkanes) is 2. The maximum absolute atomic E-state index is 13.3. The Labute approximate surface area is 252 Å². The van der Waals surface area contributed by atoms with E-state index in [4.69, 9.17) is 5.73 Å². The number of imide groups is 1. The average Bonchev–Trinajstić information content (AvgIpc) is 3.18. The van der Waals surface area contributed by atoms with Crippen LogP contribution in [-0.2, 0) is 30.4 Å². The summed E-state index contributed by atoms with van der Waals surface area (Å²) in [6.45, 7) is 6.16. The standard InChI is InChI=1S/C29H44N6O6S/c1-4-19-11-13-20(14-12-19)32-26(38)21(9-8-15-31-29(30)41)33-27(39)25(18(2)3)34-23(36)10-6-5-7-16-35-24(37)17-22(42)28(35)40/h11-14,18,21-22,25,42H,4-10,15-17H2,1-3H3,(H,32,38)(H,33,39)(H,34,36)(H3,30,31,41). The van der Waals surface area contributed by atoms with Crippen molar-refractivity contribution < 1.29 is 28.8 Å². The minimum Gasteiger partial charge on any atom is -0.352 e. The molecule has 0 radical (unpaired) electrons. The first-order valence-electron chi connectivity index (χ1n) is 14.5. The van der Waals surface area contributed by atoms with Crippen molar-refractivity contribution in [1.82, 2.24) is 20.9 Å². The summed E-state index contributed by atoms with van der Waals surface area (Å²) in [5, 5.41) is 10.3. The summed E-state index contributed by atoms with van der Waals surface area (Å²) in [6, 6.07) is 4.94. The van der Waals surface area contributed by atoms with Gasteiger partial charge in [0.05, 0.1) is 5.25 Å². The van der Waals surface area contributed by atoms with Crippen LogP contribution in [0.5, 0.6) is 0 Å². The molecule has 1 fully saturated rings. The van der Waals surface area contributed by atoms with Gasteiger partial charge in [-0.1, -0.05) is 39.3 Å². The zero-order valence-electron chi connectivity index (χ0n) is 24.6. The number of likely N-dealkylation sites (tertiary alicyclic amines) is 1. The van der Waals surface area contributed by atoms with Crippen LogP contribution in [0, 0.1) is 5.92 Å². The first-order chi connectivity index (χ1) is 19.9. The van der Waals surface area contributed by atoms with Gasteiger partial charge in [0.2, 0.25) is 29.5 Å². The third-order valence-corrected chi connectivity index (χ3v) is 7.41. The van der Waals surface area contributed by atoms with Crippen LogP contribution in [-0.4, -0.2) is 70.9 Å². The van der Waals surface area contributed by atoms with Gasteiger partial charge < -0.3 is 27.0 Å². The number of primary amides is 1. The zero-order valence-corrected chi connectivity index (χ0v) is 25.5. The van der Waals surface area contributed by atoms with Crippen LogP contribution < -0.4 is 27.0 Å². The molecule has 232 valence electrons. The summed E-state index contributed by atoms with van der Waals surface area (Å²) < 4.78 is 0. The molecule has 1 aromatic rings. The maximum atomic E-state index is 13.3. The lowest BCUT2D eigenvalue weighted by molar-refractivity contribution is -0.138. The summed E-state index contributed by atoms with van der Waals surface area (Å²) >= 11 is 4.11. The quantitative estimate of drug-likeness (QED) is 0.0897. The predicted octanol–water partition coefficient (Wildman–Crippen LogP) is 1.88. The fraction of sp³-hybridized carbons (Fsp3) is 0.586. The van der Waals surface area contributed by atoms with E-state index in [1.54, 1.807) is 26.0 Å². The number of aryl methyl sites for hydroxylation is 1. The van der Waals surface area contributed by atoms with E-state index in [0.29, 0.717) is 37.9 Å². The van der Waals surface area contributed by atoms with Crippen LogP contribution in [0.3, 0.4) is 0 Å². The second-order valence-electron chi connectivity index (χ2n) is 10.7. The number of carbonyl (C=O) groups is 6. The van der Waals surface area contributed by atoms with Crippen molar-refractivity contribution in [2.75, 3.05) is 18.4 Å². The molecule has 7 amide bonds. The molecule has 0 bridgehead atoms. The number of amides is 7. The molecule has 3 unspecified atom stereocenters. The highest BCUT2D eigenvalue weighted by atomic mass is 32.1. The van der Waals surface area contributed by atoms with E-state index in [-0.39, 0.29) is 49.4 Å². The van der Waals surface area contributed by atoms with Crippen molar-refractivity contribution in [3.8, 4) is 0 Å². The van der Waals surface area contributed by atoms with Gasteiger partial charge in [-0.3, -0.25) is 28.9 Å². The minimum atomic E-state index is -0.913. The maximum Gasteiger partial charge on any atom is 0.312 e. The normalized spacial score (nSPS) is 16.2. The lowest BCUT2D eigenvalue weighted by Gasteiger charge is -2.25. The molecule has 42 heavy (non-hydrogen) atoms. The van der Waals surface area contributed by atoms with Crippen molar-refractivity contribution in [2.24, 2.45) is 11.7 Å². The number of nitrogens with two attached hydrogens (primary N) is 1. The van der Waals surface area contributed by atoms with E-state index >= 15 is 0 Å². The Kier molecular flexibility index (Phi) is 14.3. The van der Waals surface area contributed by atoms with E-state index in [1.165, 1.54) is 4.90 Å². The number of thiol groups is 1. The number of benzene rings is 1. The van der Waals surface area contributed by atoms with E-state index in [9.17, 15) is 28.8 Å². The highest BCUT2D eigenvalue weighted by molar-refractivity contribution is 7.81. The number of hydrogen-bond donors (Lipinski definition) is 6. The van der Waals surface area contributed by atoms with Crippen LogP contribution >= 0.6 is 12.6 Å². The highest BCUT2D eigenvalue weighted by Crippen LogP contribution is 2.18. The molecule has 6 N–H and O–H groups in total. The second kappa shape index (κ2) is 17.4. The molecule has 2 rings (SSSR count). The van der Waals surface area contributed by atoms with Crippen molar-refractivity contribution in [3.63, 3.8) is 0 Å². The topological polar surface area (TPSA) is 180 Å². The van der Waals surface area contributed by atoms with Gasteiger partial charge in [0.25, 0.3) is 0 Å². The van der Waals surface area contributed by atoms with Crippen LogP contribution in [0.1, 0.15) is 71.3 Å². The Hall–Kier alpha value is -3.61. The number of anilines is 1. The molecule has 12 nitrogen and oxygen atoms in total. The third kappa shape index (κ3) is 11.3. The van der Waals surface area contributed by atoms with Crippen molar-refractivity contribution in [2.45, 2.75) is 89.5 Å². The molecular weight excluding hydrogens is 560 g/mol. The van der Waals surface area contributed by atoms with Crippen molar-refractivity contribution in [3.05, 3.63) is 29.8 Å². The fourth-order valence-electron chi connectivity index (χ4n) is 4.51. The smallest absolute Gasteiger partial charge is 0.312 e. The average molecular weight is 605 g/mol. The van der Waals surface area contributed by atoms with Crippen LogP contribution in [0.4, 0.5) is 10.5 Å². The Balaban J connectivity index is 1.91. The largest absolute Gasteiger partial charge is 0.352 e. The Morgan fingerprint density at radius 1 is 1.00 bits per heavy atom. The van der Waals surface area contributed by atoms with Gasteiger partial charge in [-0.05, 0) is 55.7 Å². The molecule has 1 aliphatic heterocycles. The molecule has 0 spiro atoms. The summed E-state index contributed by atoms with van der Waals surface area (Å²) in [5.74, 6) is -1.98. The van der Waals surface area contributed by atoms with Crippen LogP contribution in [0.15, 0.2) is 24.3 Å². The van der Waals surface area contributed by atoms with Crippen molar-refractivity contribution >= 4 is 53.9 Å². The number of carbonyl (C=O) groups excluding carboxylic acids is 6. The molecular formula is C29H44N6O6S. The molecule has 0 saturated carbocycles. The minimum absolute atomic E-state index is 0.113. The van der Waals surface area contributed by atoms with Gasteiger partial charge in [-0.25, -0.2) is 4.79 Å². The lowest BCUT2D eigenvalue weighted by Crippen LogP contribution is -2.54. The predicted molar refractivity (Wildman–Crippen MR) is 163 cm³/mol. The Bertz CT molecular complexity index is 1110. The van der Waals surface area contributed by atoms with Gasteiger partial charge in [-0.15, -0.1) is 0 Å². The molecule has 1 heterocycles. The molecule has 13 heteroatoms. The lowest BCUT2D eigenvalue weighted by atomic mass is 10.0. The summed E-state index contributed by atoms with van der Waals surface area (Å²) in [7, 11) is 0. The van der Waals surface area contributed by atoms with Gasteiger partial charge in [0.1, 0.15) is 12.1 Å². The van der Waals surface area contributed by atoms with E-state index in [0.717, 1.165) is 12.0 Å². The third-order valence-electron chi connectivity index (χ3n) is 7.00. The van der Waals surface area contributed by atoms with E-state index < -0.39 is 35.2 Å². The van der Waals surface area contributed by atoms with Crippen LogP contribution in [0.25, 0.3) is 0 Å². The number of rotatable bonds is 17. The van der Waals surface area contributed by atoms with E-state index in [2.05, 4.69) is 33.9 Å². The number of hydrogen-bond acceptors (Lipinski definition) is 7. The van der Waals surface area contributed by atoms with Gasteiger partial charge in [0.15, 0.2) is 0 Å². The molecule has 0 aromatic heterocycles. The molecule has 3 atom stereocenters. The first-order valence-corrected chi connectivity index (χ1v) is 15.0. The van der Waals surface area contributed by atoms with Gasteiger partial charge >= 0.3 is 6.03 Å². The molecule has 1 aromatic carbocycles. The van der Waals surface area contributed by atoms with Crippen molar-refractivity contribution in [1.29, 1.82) is 0 Å². The summed E-state index contributed by atoms with van der Waals surface area (Å²) in [4.78, 5) is 75.1. The number of urea groups is 1. The molecule has 1 saturated heterocycles. The second-order valence-corrected chi connectivity index (χ2v) is 11.4. The summed E-state index contributed by atoms with van der Waals surface area (Å²) in [6.07, 6.45) is 3.49. The Morgan fingerprint density at radius 2 is 1.69 bits per heavy atom. The first kappa shape index (κ1) is 34.6. The number of nitrogens with zero attached hydrogens (tertiary/aromatic N) is 1. The SMILES string of the molecule is CCc1ccc(NC(=O)C(CCCNC(N)=O)NC(=O)C(NC(=O)CCCCCN2C(=O)CC(S)C2=O)C(C)C)cc1. The fourth-order valence-corrected chi connectivity index (χ4v) is 4.81. The van der Waals surface area contributed by atoms with Gasteiger partial charge in [-0.2, -0.15) is 12.6 Å². The molecule has 1 aliphatic rings. The van der Waals surface area contributed by atoms with Crippen LogP contribution in [0.2, 0.25) is 0 Å². The van der Waals surface area contributed by atoms with E-state index in [1.807, 2.05) is 19.1 Å². The highest BCUT2D eigenvalue weighted by Gasteiger charge is 2.35. The summed E-state index contributed by atoms with van der Waals surface area (Å²) in [5.41, 5.74) is 6.83. The monoisotopic (exact) mass is 604 g/mol. The van der Waals surface area contributed by atoms with Gasteiger partial charge in [0, 0.05) is 31.6 Å². The molecule has 0 aliphatic carbocycles. The zero-order chi connectivity index (χ0) is 31.2. The number of nitrogens with one attached hydrogen (secondary N) is 4.